The van der Waals surface area contributed by atoms with E-state index in [1.165, 1.54) is 154 Å². The number of ether oxygens (including phenoxy) is 2. The average Bonchev–Trinajstić information content (AvgIpc) is 3.22. The van der Waals surface area contributed by atoms with Gasteiger partial charge in [0.25, 0.3) is 0 Å². The molecule has 0 aromatic carbocycles. The van der Waals surface area contributed by atoms with Gasteiger partial charge in [0.05, 0.1) is 25.0 Å². The highest BCUT2D eigenvalue weighted by Gasteiger charge is 2.20. The number of esters is 2. The lowest BCUT2D eigenvalue weighted by molar-refractivity contribution is -0.150. The molecule has 0 fully saturated rings. The molecule has 0 aliphatic rings. The van der Waals surface area contributed by atoms with Gasteiger partial charge < -0.3 is 19.5 Å². The fourth-order valence-electron chi connectivity index (χ4n) is 8.24. The zero-order valence-electron chi connectivity index (χ0n) is 39.1. The predicted molar refractivity (Wildman–Crippen MR) is 246 cm³/mol. The second-order valence-corrected chi connectivity index (χ2v) is 17.7. The third-order valence-electron chi connectivity index (χ3n) is 12.1. The van der Waals surface area contributed by atoms with Gasteiger partial charge in [0, 0.05) is 13.2 Å². The third-order valence-corrected chi connectivity index (χ3v) is 12.1. The van der Waals surface area contributed by atoms with Crippen LogP contribution in [0.4, 0.5) is 0 Å². The summed E-state index contributed by atoms with van der Waals surface area (Å²) in [5.74, 6) is 0.340. The molecular formula is C51H101NO5. The molecule has 57 heavy (non-hydrogen) atoms. The quantitative estimate of drug-likeness (QED) is 0.0487. The zero-order chi connectivity index (χ0) is 41.7. The van der Waals surface area contributed by atoms with Crippen LogP contribution in [0.2, 0.25) is 0 Å². The predicted octanol–water partition coefficient (Wildman–Crippen LogP) is 15.1. The van der Waals surface area contributed by atoms with Crippen LogP contribution >= 0.6 is 0 Å². The minimum absolute atomic E-state index is 0.0660. The monoisotopic (exact) mass is 808 g/mol. The molecule has 1 N–H and O–H groups in total. The molecule has 340 valence electrons. The molecule has 0 saturated heterocycles. The largest absolute Gasteiger partial charge is 0.465 e. The molecule has 0 aliphatic carbocycles. The molecule has 0 saturated carbocycles. The van der Waals surface area contributed by atoms with E-state index in [-0.39, 0.29) is 30.4 Å². The molecule has 0 spiro atoms. The molecule has 0 radical (unpaired) electrons. The second-order valence-electron chi connectivity index (χ2n) is 17.7. The van der Waals surface area contributed by atoms with Crippen molar-refractivity contribution >= 4 is 11.9 Å². The van der Waals surface area contributed by atoms with E-state index in [0.717, 1.165) is 103 Å². The van der Waals surface area contributed by atoms with Gasteiger partial charge in [0.2, 0.25) is 0 Å². The van der Waals surface area contributed by atoms with Gasteiger partial charge in [-0.25, -0.2) is 0 Å². The topological polar surface area (TPSA) is 76.1 Å². The average molecular weight is 808 g/mol. The van der Waals surface area contributed by atoms with Crippen LogP contribution in [0, 0.1) is 11.8 Å². The molecule has 0 heterocycles. The number of carbonyl (C=O) groups excluding carboxylic acids is 2. The van der Waals surface area contributed by atoms with Crippen molar-refractivity contribution in [3.05, 3.63) is 0 Å². The Labute approximate surface area is 356 Å². The highest BCUT2D eigenvalue weighted by molar-refractivity contribution is 5.72. The van der Waals surface area contributed by atoms with E-state index in [9.17, 15) is 14.7 Å². The van der Waals surface area contributed by atoms with Crippen molar-refractivity contribution in [1.29, 1.82) is 0 Å². The molecule has 0 aromatic heterocycles. The van der Waals surface area contributed by atoms with Gasteiger partial charge in [-0.2, -0.15) is 0 Å². The van der Waals surface area contributed by atoms with Crippen LogP contribution in [0.1, 0.15) is 265 Å². The van der Waals surface area contributed by atoms with Gasteiger partial charge in [-0.3, -0.25) is 9.59 Å². The molecule has 2 atom stereocenters. The smallest absolute Gasteiger partial charge is 0.308 e. The fraction of sp³-hybridized carbons (Fsp3) is 0.961. The van der Waals surface area contributed by atoms with Crippen molar-refractivity contribution in [3.63, 3.8) is 0 Å². The molecule has 6 heteroatoms. The van der Waals surface area contributed by atoms with Crippen LogP contribution in [-0.2, 0) is 19.1 Å². The first-order valence-corrected chi connectivity index (χ1v) is 25.7. The van der Waals surface area contributed by atoms with Crippen molar-refractivity contribution in [2.45, 2.75) is 265 Å². The molecule has 2 unspecified atom stereocenters. The Morgan fingerprint density at radius 2 is 0.632 bits per heavy atom. The molecule has 0 bridgehead atoms. The van der Waals surface area contributed by atoms with Crippen molar-refractivity contribution < 1.29 is 24.2 Å². The molecule has 6 nitrogen and oxygen atoms in total. The van der Waals surface area contributed by atoms with Crippen LogP contribution in [0.15, 0.2) is 0 Å². The Morgan fingerprint density at radius 3 is 0.965 bits per heavy atom. The minimum Gasteiger partial charge on any atom is -0.465 e. The Hall–Kier alpha value is -1.14. The van der Waals surface area contributed by atoms with Gasteiger partial charge in [-0.15, -0.1) is 0 Å². The SMILES string of the molecule is CCCCCCCCC(CCCCCC)C(=O)OCCCCCCCCN(CCCO)CCCCCCCCOC(=O)C(CCCCCC)CCCCCCCC. The minimum atomic E-state index is 0.0660. The summed E-state index contributed by atoms with van der Waals surface area (Å²) in [6.45, 7) is 13.7. The van der Waals surface area contributed by atoms with Gasteiger partial charge in [-0.1, -0.05) is 207 Å². The lowest BCUT2D eigenvalue weighted by Gasteiger charge is -2.22. The molecule has 0 aliphatic heterocycles. The fourth-order valence-corrected chi connectivity index (χ4v) is 8.24. The van der Waals surface area contributed by atoms with Crippen LogP contribution in [0.25, 0.3) is 0 Å². The van der Waals surface area contributed by atoms with Crippen molar-refractivity contribution in [2.75, 3.05) is 39.5 Å². The van der Waals surface area contributed by atoms with Crippen molar-refractivity contribution in [3.8, 4) is 0 Å². The van der Waals surface area contributed by atoms with Gasteiger partial charge >= 0.3 is 11.9 Å². The summed E-state index contributed by atoms with van der Waals surface area (Å²) in [7, 11) is 0. The summed E-state index contributed by atoms with van der Waals surface area (Å²) < 4.78 is 11.6. The summed E-state index contributed by atoms with van der Waals surface area (Å²) in [5.41, 5.74) is 0. The lowest BCUT2D eigenvalue weighted by Crippen LogP contribution is -2.27. The van der Waals surface area contributed by atoms with E-state index >= 15 is 0 Å². The summed E-state index contributed by atoms with van der Waals surface area (Å²) >= 11 is 0. The molecular weight excluding hydrogens is 707 g/mol. The first kappa shape index (κ1) is 55.9. The standard InChI is InChI=1S/C51H101NO5/c1-5-9-13-17-23-31-40-48(38-29-15-11-7-3)50(54)56-46-35-27-21-19-25-33-42-52(44-37-45-53)43-34-26-20-22-28-36-47-57-51(55)49(39-30-16-12-8-4)41-32-24-18-14-10-6-2/h48-49,53H,5-47H2,1-4H3. The summed E-state index contributed by atoms with van der Waals surface area (Å²) in [4.78, 5) is 28.4. The first-order chi connectivity index (χ1) is 28.0. The van der Waals surface area contributed by atoms with E-state index in [1.54, 1.807) is 0 Å². The number of hydrogen-bond acceptors (Lipinski definition) is 6. The van der Waals surface area contributed by atoms with Crippen LogP contribution < -0.4 is 0 Å². The Balaban J connectivity index is 4.12. The van der Waals surface area contributed by atoms with E-state index in [2.05, 4.69) is 32.6 Å². The zero-order valence-corrected chi connectivity index (χ0v) is 39.1. The maximum absolute atomic E-state index is 12.9. The molecule has 0 rings (SSSR count). The first-order valence-electron chi connectivity index (χ1n) is 25.7. The van der Waals surface area contributed by atoms with E-state index in [1.807, 2.05) is 0 Å². The van der Waals surface area contributed by atoms with Gasteiger partial charge in [-0.05, 0) is 70.9 Å². The summed E-state index contributed by atoms with van der Waals surface area (Å²) in [6, 6.07) is 0. The number of unbranched alkanes of at least 4 members (excludes halogenated alkanes) is 26. The number of carbonyl (C=O) groups is 2. The lowest BCUT2D eigenvalue weighted by atomic mass is 9.94. The van der Waals surface area contributed by atoms with E-state index in [4.69, 9.17) is 9.47 Å². The number of aliphatic hydroxyl groups excluding tert-OH is 1. The number of rotatable bonds is 47. The van der Waals surface area contributed by atoms with E-state index < -0.39 is 0 Å². The second kappa shape index (κ2) is 45.9. The Kier molecular flexibility index (Phi) is 45.0. The van der Waals surface area contributed by atoms with Gasteiger partial charge in [0.1, 0.15) is 0 Å². The van der Waals surface area contributed by atoms with Crippen LogP contribution in [-0.4, -0.2) is 61.4 Å². The Bertz CT molecular complexity index is 759. The highest BCUT2D eigenvalue weighted by Crippen LogP contribution is 2.22. The third kappa shape index (κ3) is 38.8. The van der Waals surface area contributed by atoms with E-state index in [0.29, 0.717) is 13.2 Å². The number of aliphatic hydroxyl groups is 1. The Morgan fingerprint density at radius 1 is 0.368 bits per heavy atom. The molecule has 0 amide bonds. The molecule has 0 aromatic rings. The summed E-state index contributed by atoms with van der Waals surface area (Å²) in [6.07, 6.45) is 44.0. The number of hydrogen-bond donors (Lipinski definition) is 1. The van der Waals surface area contributed by atoms with Gasteiger partial charge in [0.15, 0.2) is 0 Å². The number of nitrogens with zero attached hydrogens (tertiary/aromatic N) is 1. The normalized spacial score (nSPS) is 12.7. The van der Waals surface area contributed by atoms with Crippen LogP contribution in [0.5, 0.6) is 0 Å². The maximum Gasteiger partial charge on any atom is 0.308 e. The maximum atomic E-state index is 12.9. The van der Waals surface area contributed by atoms with Crippen molar-refractivity contribution in [1.82, 2.24) is 4.90 Å². The van der Waals surface area contributed by atoms with Crippen molar-refractivity contribution in [2.24, 2.45) is 11.8 Å². The van der Waals surface area contributed by atoms with Crippen LogP contribution in [0.3, 0.4) is 0 Å². The highest BCUT2D eigenvalue weighted by atomic mass is 16.5. The summed E-state index contributed by atoms with van der Waals surface area (Å²) in [5, 5.41) is 9.44.